The molecule has 0 atom stereocenters. The number of H-pyrrole nitrogens is 1. The van der Waals surface area contributed by atoms with Gasteiger partial charge in [0.25, 0.3) is 5.91 Å². The van der Waals surface area contributed by atoms with Gasteiger partial charge in [0, 0.05) is 12.1 Å². The average Bonchev–Trinajstić information content (AvgIpc) is 3.18. The Morgan fingerprint density at radius 2 is 2.14 bits per heavy atom. The molecular weight excluding hydrogens is 281 g/mol. The highest BCUT2D eigenvalue weighted by Crippen LogP contribution is 2.24. The molecule has 0 saturated heterocycles. The highest BCUT2D eigenvalue weighted by molar-refractivity contribution is 5.93. The first-order chi connectivity index (χ1) is 10.6. The fourth-order valence-corrected chi connectivity index (χ4v) is 2.94. The number of benzene rings is 1. The molecule has 116 valence electrons. The lowest BCUT2D eigenvalue weighted by Gasteiger charge is -2.09. The Kier molecular flexibility index (Phi) is 4.22. The second kappa shape index (κ2) is 6.30. The maximum Gasteiger partial charge on any atom is 0.269 e. The van der Waals surface area contributed by atoms with Crippen LogP contribution in [0.15, 0.2) is 24.3 Å². The number of carbonyl (C=O) groups excluding carboxylic acids is 1. The van der Waals surface area contributed by atoms with E-state index in [0.717, 1.165) is 12.1 Å². The Morgan fingerprint density at radius 3 is 2.86 bits per heavy atom. The molecule has 1 fully saturated rings. The van der Waals surface area contributed by atoms with Gasteiger partial charge >= 0.3 is 0 Å². The van der Waals surface area contributed by atoms with Crippen LogP contribution in [0, 0.1) is 18.7 Å². The Balaban J connectivity index is 1.67. The third-order valence-electron chi connectivity index (χ3n) is 4.30. The molecule has 1 aliphatic carbocycles. The van der Waals surface area contributed by atoms with Gasteiger partial charge < -0.3 is 5.32 Å². The molecule has 2 aromatic rings. The number of aryl methyl sites for hydroxylation is 1. The van der Waals surface area contributed by atoms with Crippen LogP contribution in [0.25, 0.3) is 11.3 Å². The molecule has 0 spiro atoms. The summed E-state index contributed by atoms with van der Waals surface area (Å²) in [5.74, 6) is 0.226. The van der Waals surface area contributed by atoms with Crippen molar-refractivity contribution < 1.29 is 9.18 Å². The summed E-state index contributed by atoms with van der Waals surface area (Å²) >= 11 is 0. The lowest BCUT2D eigenvalue weighted by Crippen LogP contribution is -2.28. The van der Waals surface area contributed by atoms with Crippen molar-refractivity contribution in [3.05, 3.63) is 41.3 Å². The third kappa shape index (κ3) is 3.18. The molecule has 1 amide bonds. The van der Waals surface area contributed by atoms with Crippen molar-refractivity contribution in [2.24, 2.45) is 5.92 Å². The standard InChI is InChI=1S/C17H20FN3O/c1-11-8-13(6-7-14(11)18)15-9-16(21-20-15)17(22)19-10-12-4-2-3-5-12/h6-9,12H,2-5,10H2,1H3,(H,19,22)(H,20,21). The summed E-state index contributed by atoms with van der Waals surface area (Å²) in [6.45, 7) is 2.43. The number of carbonyl (C=O) groups is 1. The second-order valence-corrected chi connectivity index (χ2v) is 5.99. The summed E-state index contributed by atoms with van der Waals surface area (Å²) in [6, 6.07) is 6.51. The first-order valence-electron chi connectivity index (χ1n) is 7.73. The maximum atomic E-state index is 13.3. The van der Waals surface area contributed by atoms with E-state index in [1.165, 1.54) is 31.7 Å². The monoisotopic (exact) mass is 301 g/mol. The summed E-state index contributed by atoms with van der Waals surface area (Å²) in [6.07, 6.45) is 4.92. The van der Waals surface area contributed by atoms with Crippen molar-refractivity contribution in [1.29, 1.82) is 0 Å². The van der Waals surface area contributed by atoms with Crippen molar-refractivity contribution in [1.82, 2.24) is 15.5 Å². The van der Waals surface area contributed by atoms with Crippen molar-refractivity contribution >= 4 is 5.91 Å². The number of amides is 1. The molecule has 5 heteroatoms. The number of halogens is 1. The Bertz CT molecular complexity index is 674. The predicted octanol–water partition coefficient (Wildman–Crippen LogP) is 3.44. The van der Waals surface area contributed by atoms with Gasteiger partial charge in [-0.3, -0.25) is 9.89 Å². The maximum absolute atomic E-state index is 13.3. The molecule has 0 aliphatic heterocycles. The van der Waals surface area contributed by atoms with Crippen LogP contribution in [-0.4, -0.2) is 22.6 Å². The lowest BCUT2D eigenvalue weighted by molar-refractivity contribution is 0.0942. The SMILES string of the molecule is Cc1cc(-c2cc(C(=O)NCC3CCCC3)[nH]n2)ccc1F. The topological polar surface area (TPSA) is 57.8 Å². The molecule has 1 aromatic carbocycles. The number of hydrogen-bond acceptors (Lipinski definition) is 2. The van der Waals surface area contributed by atoms with E-state index < -0.39 is 0 Å². The third-order valence-corrected chi connectivity index (χ3v) is 4.30. The summed E-state index contributed by atoms with van der Waals surface area (Å²) < 4.78 is 13.3. The first kappa shape index (κ1) is 14.8. The summed E-state index contributed by atoms with van der Waals surface area (Å²) in [5.41, 5.74) is 2.45. The number of aromatic nitrogens is 2. The van der Waals surface area contributed by atoms with E-state index in [1.807, 2.05) is 0 Å². The number of nitrogens with one attached hydrogen (secondary N) is 2. The largest absolute Gasteiger partial charge is 0.350 e. The van der Waals surface area contributed by atoms with Crippen LogP contribution in [0.2, 0.25) is 0 Å². The van der Waals surface area contributed by atoms with Crippen LogP contribution in [-0.2, 0) is 0 Å². The van der Waals surface area contributed by atoms with E-state index in [9.17, 15) is 9.18 Å². The van der Waals surface area contributed by atoms with E-state index in [1.54, 1.807) is 25.1 Å². The second-order valence-electron chi connectivity index (χ2n) is 5.99. The van der Waals surface area contributed by atoms with E-state index >= 15 is 0 Å². The molecule has 1 aliphatic rings. The molecule has 1 aromatic heterocycles. The minimum atomic E-state index is -0.242. The number of hydrogen-bond donors (Lipinski definition) is 2. The van der Waals surface area contributed by atoms with Gasteiger partial charge in [-0.2, -0.15) is 5.10 Å². The van der Waals surface area contributed by atoms with Crippen molar-refractivity contribution in [3.8, 4) is 11.3 Å². The van der Waals surface area contributed by atoms with Crippen LogP contribution in [0.1, 0.15) is 41.7 Å². The Hall–Kier alpha value is -2.17. The fourth-order valence-electron chi connectivity index (χ4n) is 2.94. The van der Waals surface area contributed by atoms with Gasteiger partial charge in [-0.15, -0.1) is 0 Å². The minimum Gasteiger partial charge on any atom is -0.350 e. The average molecular weight is 301 g/mol. The van der Waals surface area contributed by atoms with Gasteiger partial charge in [0.15, 0.2) is 0 Å². The molecule has 1 heterocycles. The van der Waals surface area contributed by atoms with Crippen molar-refractivity contribution in [2.45, 2.75) is 32.6 Å². The summed E-state index contributed by atoms with van der Waals surface area (Å²) in [4.78, 5) is 12.1. The van der Waals surface area contributed by atoms with E-state index in [4.69, 9.17) is 0 Å². The van der Waals surface area contributed by atoms with Gasteiger partial charge in [0.1, 0.15) is 11.5 Å². The van der Waals surface area contributed by atoms with Crippen LogP contribution < -0.4 is 5.32 Å². The van der Waals surface area contributed by atoms with Gasteiger partial charge in [-0.05, 0) is 55.5 Å². The number of nitrogens with zero attached hydrogens (tertiary/aromatic N) is 1. The highest BCUT2D eigenvalue weighted by atomic mass is 19.1. The van der Waals surface area contributed by atoms with Crippen LogP contribution in [0.5, 0.6) is 0 Å². The first-order valence-corrected chi connectivity index (χ1v) is 7.73. The van der Waals surface area contributed by atoms with Gasteiger partial charge in [-0.25, -0.2) is 4.39 Å². The van der Waals surface area contributed by atoms with Crippen LogP contribution in [0.3, 0.4) is 0 Å². The van der Waals surface area contributed by atoms with E-state index in [0.29, 0.717) is 22.9 Å². The Labute approximate surface area is 129 Å². The van der Waals surface area contributed by atoms with Crippen LogP contribution in [0.4, 0.5) is 4.39 Å². The van der Waals surface area contributed by atoms with Gasteiger partial charge in [0.2, 0.25) is 0 Å². The molecule has 3 rings (SSSR count). The quantitative estimate of drug-likeness (QED) is 0.908. The molecule has 4 nitrogen and oxygen atoms in total. The molecule has 0 radical (unpaired) electrons. The zero-order valence-corrected chi connectivity index (χ0v) is 12.7. The van der Waals surface area contributed by atoms with Crippen LogP contribution >= 0.6 is 0 Å². The lowest BCUT2D eigenvalue weighted by atomic mass is 10.1. The van der Waals surface area contributed by atoms with E-state index in [-0.39, 0.29) is 11.7 Å². The van der Waals surface area contributed by atoms with Gasteiger partial charge in [0.05, 0.1) is 5.69 Å². The molecule has 22 heavy (non-hydrogen) atoms. The minimum absolute atomic E-state index is 0.135. The molecule has 0 bridgehead atoms. The smallest absolute Gasteiger partial charge is 0.269 e. The Morgan fingerprint density at radius 1 is 1.36 bits per heavy atom. The summed E-state index contributed by atoms with van der Waals surface area (Å²) in [7, 11) is 0. The number of rotatable bonds is 4. The highest BCUT2D eigenvalue weighted by Gasteiger charge is 2.17. The summed E-state index contributed by atoms with van der Waals surface area (Å²) in [5, 5.41) is 9.86. The number of aromatic amines is 1. The predicted molar refractivity (Wildman–Crippen MR) is 83.0 cm³/mol. The van der Waals surface area contributed by atoms with E-state index in [2.05, 4.69) is 15.5 Å². The van der Waals surface area contributed by atoms with Crippen molar-refractivity contribution in [3.63, 3.8) is 0 Å². The zero-order valence-electron chi connectivity index (χ0n) is 12.7. The molecule has 2 N–H and O–H groups in total. The molecule has 0 unspecified atom stereocenters. The molecule has 1 saturated carbocycles. The fraction of sp³-hybridized carbons (Fsp3) is 0.412. The van der Waals surface area contributed by atoms with Gasteiger partial charge in [-0.1, -0.05) is 12.8 Å². The zero-order chi connectivity index (χ0) is 15.5. The molecular formula is C17H20FN3O. The van der Waals surface area contributed by atoms with Crippen molar-refractivity contribution in [2.75, 3.05) is 6.54 Å². The normalized spacial score (nSPS) is 15.2.